The Hall–Kier alpha value is -3.83. The van der Waals surface area contributed by atoms with Crippen LogP contribution in [0.3, 0.4) is 0 Å². The number of rotatable bonds is 20. The molecular formula is C58H65O3OsPS2+. The number of ether oxygens (including phenoxy) is 1. The Morgan fingerprint density at radius 1 is 0.692 bits per heavy atom. The number of hydrogen-bond donors (Lipinski definition) is 0. The number of thiophene rings is 2. The quantitative estimate of drug-likeness (QED) is 0.0716. The minimum atomic E-state index is -2.72. The van der Waals surface area contributed by atoms with Crippen molar-refractivity contribution >= 4 is 69.1 Å². The Labute approximate surface area is 407 Å². The molecule has 0 amide bonds. The van der Waals surface area contributed by atoms with E-state index < -0.39 is 7.26 Å². The number of ketones is 2. The summed E-state index contributed by atoms with van der Waals surface area (Å²) in [5.74, 6) is 0.939. The molecule has 3 heterocycles. The van der Waals surface area contributed by atoms with Gasteiger partial charge in [-0.1, -0.05) is 40.0 Å². The van der Waals surface area contributed by atoms with Crippen molar-refractivity contribution < 1.29 is 32.3 Å². The van der Waals surface area contributed by atoms with Gasteiger partial charge in [-0.2, -0.15) is 0 Å². The molecule has 7 heteroatoms. The average Bonchev–Trinajstić information content (AvgIpc) is 4.06. The zero-order chi connectivity index (χ0) is 45.9. The number of unbranched alkanes of at least 4 members (excludes halogenated alkanes) is 2. The maximum absolute atomic E-state index is 16.2. The first-order valence-electron chi connectivity index (χ1n) is 24.0. The van der Waals surface area contributed by atoms with Gasteiger partial charge in [0.1, 0.15) is 0 Å². The molecule has 1 saturated heterocycles. The molecule has 2 atom stereocenters. The van der Waals surface area contributed by atoms with E-state index in [1.165, 1.54) is 27.9 Å². The van der Waals surface area contributed by atoms with E-state index >= 15 is 9.59 Å². The van der Waals surface area contributed by atoms with Crippen molar-refractivity contribution in [1.82, 2.24) is 0 Å². The molecule has 0 spiro atoms. The summed E-state index contributed by atoms with van der Waals surface area (Å²) < 4.78 is 10.1. The van der Waals surface area contributed by atoms with E-state index in [0.717, 1.165) is 100 Å². The molecule has 2 aliphatic rings. The van der Waals surface area contributed by atoms with Crippen LogP contribution in [0.25, 0.3) is 11.6 Å². The van der Waals surface area contributed by atoms with Gasteiger partial charge < -0.3 is 0 Å². The molecule has 0 N–H and O–H groups in total. The Balaban J connectivity index is 1.60. The topological polar surface area (TPSA) is 43.4 Å². The predicted octanol–water partition coefficient (Wildman–Crippen LogP) is 14.6. The molecule has 1 aliphatic heterocycles. The van der Waals surface area contributed by atoms with E-state index in [4.69, 9.17) is 4.74 Å². The first-order chi connectivity index (χ1) is 31.8. The summed E-state index contributed by atoms with van der Waals surface area (Å²) in [5.41, 5.74) is 5.72. The zero-order valence-corrected chi connectivity index (χ0v) is 44.2. The number of allylic oxidation sites excluding steroid dienone is 5. The van der Waals surface area contributed by atoms with Crippen LogP contribution in [0.2, 0.25) is 0 Å². The van der Waals surface area contributed by atoms with Crippen molar-refractivity contribution in [3.8, 4) is 4.37 Å². The number of benzene rings is 3. The standard InChI is InChI=1S/C58H65O3PS2.Os/c1-8-14-27-41(12-5)35-50-53-54(51(63-50)36-42(13-6)28-15-9-2)57(60)55-52(56(53)59)49(26-11-4)64-58(55)48(37-44-39-61-38-43(44)25-10-3)40(7)62(45-29-19-16-20-30-45,46-31-21-17-22-32-46)47-33-23-18-24-34-47;/h11,16-26,29-34,37,41-42H,8-10,12-15,27-28,35-36,38-39H2,1-6H3;/q+1;/b26-11+,43-25?,44-37?,48-40?;. The van der Waals surface area contributed by atoms with Crippen LogP contribution in [0.1, 0.15) is 151 Å². The molecule has 0 saturated carbocycles. The molecule has 0 radical (unpaired) electrons. The minimum absolute atomic E-state index is 0.00455. The van der Waals surface area contributed by atoms with E-state index in [2.05, 4.69) is 148 Å². The van der Waals surface area contributed by atoms with Crippen LogP contribution in [0, 0.1) is 16.2 Å². The van der Waals surface area contributed by atoms with Crippen LogP contribution in [0.5, 0.6) is 0 Å². The molecule has 3 nitrogen and oxygen atoms in total. The Morgan fingerprint density at radius 3 is 1.63 bits per heavy atom. The monoisotopic (exact) mass is 1100 g/mol. The molecule has 5 aromatic rings. The van der Waals surface area contributed by atoms with Crippen molar-refractivity contribution in [3.05, 3.63) is 167 Å². The van der Waals surface area contributed by atoms with E-state index in [9.17, 15) is 0 Å². The third-order valence-electron chi connectivity index (χ3n) is 13.3. The molecule has 1 aliphatic carbocycles. The van der Waals surface area contributed by atoms with Crippen molar-refractivity contribution in [2.75, 3.05) is 13.2 Å². The van der Waals surface area contributed by atoms with Crippen LogP contribution in [0.15, 0.2) is 126 Å². The fourth-order valence-corrected chi connectivity index (χ4v) is 18.5. The zero-order valence-electron chi connectivity index (χ0n) is 39.2. The summed E-state index contributed by atoms with van der Waals surface area (Å²) in [5, 5.41) is 4.66. The van der Waals surface area contributed by atoms with Crippen LogP contribution in [-0.2, 0) is 35.5 Å². The second-order valence-corrected chi connectivity index (χ2v) is 23.7. The predicted molar refractivity (Wildman–Crippen MR) is 277 cm³/mol. The summed E-state index contributed by atoms with van der Waals surface area (Å²) in [4.78, 5) is 35.8. The van der Waals surface area contributed by atoms with Gasteiger partial charge in [-0.25, -0.2) is 0 Å². The Bertz CT molecular complexity index is 2530. The number of hydrogen-bond acceptors (Lipinski definition) is 5. The van der Waals surface area contributed by atoms with Crippen molar-refractivity contribution in [3.63, 3.8) is 0 Å². The van der Waals surface area contributed by atoms with Gasteiger partial charge >= 0.3 is 370 Å². The molecule has 3 aromatic carbocycles. The molecule has 1 fully saturated rings. The second-order valence-electron chi connectivity index (χ2n) is 17.5. The first-order valence-corrected chi connectivity index (χ1v) is 28.7. The van der Waals surface area contributed by atoms with Crippen LogP contribution >= 0.6 is 29.9 Å². The van der Waals surface area contributed by atoms with E-state index in [1.807, 2.05) is 13.0 Å². The van der Waals surface area contributed by atoms with Gasteiger partial charge in [0.05, 0.1) is 0 Å². The summed E-state index contributed by atoms with van der Waals surface area (Å²) in [6.45, 7) is 14.3. The summed E-state index contributed by atoms with van der Waals surface area (Å²) in [6, 6.07) is 32.7. The molecule has 2 aromatic heterocycles. The Kier molecular flexibility index (Phi) is 17.6. The normalized spacial score (nSPS) is 16.5. The summed E-state index contributed by atoms with van der Waals surface area (Å²) >= 11 is 5.13. The van der Waals surface area contributed by atoms with E-state index in [-0.39, 0.29) is 11.6 Å². The number of carbonyl (C=O) groups is 2. The van der Waals surface area contributed by atoms with E-state index in [1.54, 1.807) is 40.6 Å². The Morgan fingerprint density at radius 2 is 1.18 bits per heavy atom. The van der Waals surface area contributed by atoms with Gasteiger partial charge in [0.2, 0.25) is 0 Å². The van der Waals surface area contributed by atoms with Gasteiger partial charge in [-0.15, -0.1) is 0 Å². The molecule has 7 rings (SSSR count). The van der Waals surface area contributed by atoms with Crippen LogP contribution < -0.4 is 15.9 Å². The van der Waals surface area contributed by atoms with Gasteiger partial charge in [0.25, 0.3) is 0 Å². The molecular weight excluding hydrogens is 1030 g/mol. The van der Waals surface area contributed by atoms with Crippen LogP contribution in [0.4, 0.5) is 0 Å². The van der Waals surface area contributed by atoms with Gasteiger partial charge in [-0.05, 0) is 0 Å². The van der Waals surface area contributed by atoms with Crippen molar-refractivity contribution in [2.45, 2.75) is 112 Å². The SMILES string of the molecule is C/C=C/c1sc(C(C=C2COCC2=CCC)=C([C]#[Os])[P+](c2ccccc2)(c2ccccc2)c2ccccc2)c2c1C(=O)c1c(CC(CC)CCCC)sc(CC(CC)CCCC)c1C2=O. The molecule has 2 unspecified atom stereocenters. The fraction of sp³-hybridized carbons (Fsp3) is 0.362. The van der Waals surface area contributed by atoms with Crippen molar-refractivity contribution in [1.29, 1.82) is 0 Å². The third-order valence-corrected chi connectivity index (χ3v) is 21.1. The second kappa shape index (κ2) is 23.3. The fourth-order valence-electron chi connectivity index (χ4n) is 9.83. The number of fused-ring (bicyclic) bond motifs is 2. The average molecular weight is 1100 g/mol. The third kappa shape index (κ3) is 10.1. The molecule has 65 heavy (non-hydrogen) atoms. The number of carbonyl (C=O) groups excluding carboxylic acids is 2. The first kappa shape index (κ1) is 49.1. The van der Waals surface area contributed by atoms with Gasteiger partial charge in [-0.3, -0.25) is 0 Å². The summed E-state index contributed by atoms with van der Waals surface area (Å²) in [7, 11) is -2.72. The van der Waals surface area contributed by atoms with E-state index in [0.29, 0.717) is 47.3 Å². The van der Waals surface area contributed by atoms with Crippen LogP contribution in [-0.4, -0.2) is 24.8 Å². The van der Waals surface area contributed by atoms with Crippen molar-refractivity contribution in [2.24, 2.45) is 11.8 Å². The van der Waals surface area contributed by atoms with Gasteiger partial charge in [0.15, 0.2) is 0 Å². The molecule has 0 bridgehead atoms. The maximum atomic E-state index is 16.2. The summed E-state index contributed by atoms with van der Waals surface area (Å²) in [6.07, 6.45) is 20.2. The van der Waals surface area contributed by atoms with Gasteiger partial charge in [0, 0.05) is 0 Å². The molecule has 339 valence electrons.